The molecular formula is C22H19N3O2. The van der Waals surface area contributed by atoms with E-state index in [0.717, 1.165) is 23.6 Å². The number of oxazole rings is 1. The molecule has 0 saturated heterocycles. The van der Waals surface area contributed by atoms with Gasteiger partial charge in [-0.05, 0) is 29.3 Å². The maximum atomic E-state index is 5.79. The van der Waals surface area contributed by atoms with Crippen LogP contribution >= 0.6 is 0 Å². The van der Waals surface area contributed by atoms with E-state index in [1.165, 1.54) is 5.56 Å². The third-order valence-corrected chi connectivity index (χ3v) is 4.02. The van der Waals surface area contributed by atoms with Crippen molar-refractivity contribution in [2.45, 2.75) is 13.2 Å². The molecule has 2 aromatic carbocycles. The lowest BCUT2D eigenvalue weighted by molar-refractivity contribution is 0.301. The van der Waals surface area contributed by atoms with E-state index in [-0.39, 0.29) is 0 Å². The molecule has 134 valence electrons. The molecule has 0 N–H and O–H groups in total. The number of nitrogens with zero attached hydrogens (tertiary/aromatic N) is 3. The van der Waals surface area contributed by atoms with Crippen LogP contribution in [0.3, 0.4) is 0 Å². The average molecular weight is 357 g/mol. The van der Waals surface area contributed by atoms with Gasteiger partial charge in [-0.15, -0.1) is 0 Å². The van der Waals surface area contributed by atoms with E-state index in [4.69, 9.17) is 9.15 Å². The zero-order valence-electron chi connectivity index (χ0n) is 14.7. The number of ether oxygens (including phenoxy) is 1. The Balaban J connectivity index is 1.31. The predicted molar refractivity (Wildman–Crippen MR) is 104 cm³/mol. The number of imidazole rings is 1. The minimum Gasteiger partial charge on any atom is -0.487 e. The van der Waals surface area contributed by atoms with Crippen LogP contribution in [-0.2, 0) is 13.2 Å². The molecule has 4 rings (SSSR count). The Hall–Kier alpha value is -3.60. The fourth-order valence-corrected chi connectivity index (χ4v) is 2.64. The van der Waals surface area contributed by atoms with Gasteiger partial charge < -0.3 is 13.7 Å². The zero-order valence-corrected chi connectivity index (χ0v) is 14.7. The lowest BCUT2D eigenvalue weighted by atomic mass is 10.2. The van der Waals surface area contributed by atoms with Gasteiger partial charge in [0.1, 0.15) is 24.3 Å². The maximum Gasteiger partial charge on any atom is 0.218 e. The van der Waals surface area contributed by atoms with E-state index < -0.39 is 0 Å². The molecule has 0 radical (unpaired) electrons. The summed E-state index contributed by atoms with van der Waals surface area (Å²) in [5.41, 5.74) is 3.05. The number of rotatable bonds is 7. The second kappa shape index (κ2) is 8.19. The van der Waals surface area contributed by atoms with Gasteiger partial charge in [-0.1, -0.05) is 42.5 Å². The van der Waals surface area contributed by atoms with E-state index in [1.54, 1.807) is 18.8 Å². The van der Waals surface area contributed by atoms with E-state index in [1.807, 2.05) is 77.5 Å². The van der Waals surface area contributed by atoms with Gasteiger partial charge in [0.2, 0.25) is 5.89 Å². The van der Waals surface area contributed by atoms with E-state index in [9.17, 15) is 0 Å². The van der Waals surface area contributed by atoms with Gasteiger partial charge in [0.25, 0.3) is 0 Å². The Morgan fingerprint density at radius 3 is 2.63 bits per heavy atom. The van der Waals surface area contributed by atoms with Gasteiger partial charge in [-0.2, -0.15) is 0 Å². The molecular weight excluding hydrogens is 338 g/mol. The summed E-state index contributed by atoms with van der Waals surface area (Å²) in [7, 11) is 0. The molecule has 27 heavy (non-hydrogen) atoms. The van der Waals surface area contributed by atoms with Crippen molar-refractivity contribution in [3.8, 4) is 5.75 Å². The van der Waals surface area contributed by atoms with Crippen LogP contribution in [0.4, 0.5) is 0 Å². The molecule has 0 bridgehead atoms. The van der Waals surface area contributed by atoms with E-state index in [2.05, 4.69) is 9.97 Å². The quantitative estimate of drug-likeness (QED) is 0.482. The van der Waals surface area contributed by atoms with E-state index in [0.29, 0.717) is 12.5 Å². The predicted octanol–water partition coefficient (Wildman–Crippen LogP) is 4.67. The minimum absolute atomic E-state index is 0.365. The lowest BCUT2D eigenvalue weighted by Crippen LogP contribution is -1.98. The van der Waals surface area contributed by atoms with Crippen molar-refractivity contribution in [2.24, 2.45) is 0 Å². The van der Waals surface area contributed by atoms with Gasteiger partial charge in [0.05, 0.1) is 6.33 Å². The van der Waals surface area contributed by atoms with Crippen LogP contribution in [0.1, 0.15) is 22.7 Å². The van der Waals surface area contributed by atoms with Crippen LogP contribution in [0.5, 0.6) is 5.75 Å². The van der Waals surface area contributed by atoms with Crippen molar-refractivity contribution in [2.75, 3.05) is 0 Å². The third kappa shape index (κ3) is 4.73. The van der Waals surface area contributed by atoms with Crippen LogP contribution in [0, 0.1) is 0 Å². The van der Waals surface area contributed by atoms with Crippen molar-refractivity contribution in [3.05, 3.63) is 102 Å². The fourth-order valence-electron chi connectivity index (χ4n) is 2.64. The van der Waals surface area contributed by atoms with Crippen LogP contribution in [0.15, 0.2) is 84.0 Å². The SMILES string of the molecule is C(=Cc1nc(COc2ccc(Cn3ccnc3)cc2)co1)c1ccccc1. The summed E-state index contributed by atoms with van der Waals surface area (Å²) >= 11 is 0. The number of hydrogen-bond acceptors (Lipinski definition) is 4. The van der Waals surface area contributed by atoms with E-state index >= 15 is 0 Å². The number of hydrogen-bond donors (Lipinski definition) is 0. The zero-order chi connectivity index (χ0) is 18.3. The Bertz CT molecular complexity index is 988. The molecule has 5 nitrogen and oxygen atoms in total. The van der Waals surface area contributed by atoms with Crippen molar-refractivity contribution in [3.63, 3.8) is 0 Å². The average Bonchev–Trinajstić information content (AvgIpc) is 3.39. The molecule has 0 amide bonds. The van der Waals surface area contributed by atoms with Crippen LogP contribution < -0.4 is 4.74 Å². The normalized spacial score (nSPS) is 11.1. The van der Waals surface area contributed by atoms with Crippen LogP contribution in [-0.4, -0.2) is 14.5 Å². The topological polar surface area (TPSA) is 53.1 Å². The summed E-state index contributed by atoms with van der Waals surface area (Å²) in [5.74, 6) is 1.36. The number of benzene rings is 2. The molecule has 0 aliphatic rings. The molecule has 0 saturated carbocycles. The molecule has 0 atom stereocenters. The minimum atomic E-state index is 0.365. The van der Waals surface area contributed by atoms with Crippen LogP contribution in [0.2, 0.25) is 0 Å². The first kappa shape index (κ1) is 16.8. The summed E-state index contributed by atoms with van der Waals surface area (Å²) in [4.78, 5) is 8.47. The third-order valence-electron chi connectivity index (χ3n) is 4.02. The molecule has 5 heteroatoms. The molecule has 0 spiro atoms. The Labute approximate surface area is 157 Å². The highest BCUT2D eigenvalue weighted by atomic mass is 16.5. The highest BCUT2D eigenvalue weighted by Gasteiger charge is 2.03. The molecule has 4 aromatic rings. The summed E-state index contributed by atoms with van der Waals surface area (Å²) < 4.78 is 13.3. The van der Waals surface area contributed by atoms with Gasteiger partial charge in [0.15, 0.2) is 0 Å². The van der Waals surface area contributed by atoms with Gasteiger partial charge in [-0.3, -0.25) is 0 Å². The molecule has 0 aliphatic carbocycles. The summed E-state index contributed by atoms with van der Waals surface area (Å²) in [6.07, 6.45) is 11.0. The molecule has 2 aromatic heterocycles. The fraction of sp³-hybridized carbons (Fsp3) is 0.0909. The summed E-state index contributed by atoms with van der Waals surface area (Å²) in [6.45, 7) is 1.16. The Kier molecular flexibility index (Phi) is 5.11. The molecule has 0 fully saturated rings. The maximum absolute atomic E-state index is 5.79. The smallest absolute Gasteiger partial charge is 0.218 e. The second-order valence-corrected chi connectivity index (χ2v) is 6.09. The second-order valence-electron chi connectivity index (χ2n) is 6.09. The van der Waals surface area contributed by atoms with Crippen molar-refractivity contribution < 1.29 is 9.15 Å². The summed E-state index contributed by atoms with van der Waals surface area (Å²) in [5, 5.41) is 0. The first-order valence-corrected chi connectivity index (χ1v) is 8.70. The Morgan fingerprint density at radius 2 is 1.85 bits per heavy atom. The highest BCUT2D eigenvalue weighted by Crippen LogP contribution is 2.15. The first-order chi connectivity index (χ1) is 13.3. The summed E-state index contributed by atoms with van der Waals surface area (Å²) in [6, 6.07) is 18.1. The van der Waals surface area contributed by atoms with Gasteiger partial charge >= 0.3 is 0 Å². The molecule has 0 unspecified atom stereocenters. The number of aromatic nitrogens is 3. The molecule has 0 aliphatic heterocycles. The van der Waals surface area contributed by atoms with Crippen molar-refractivity contribution in [1.82, 2.24) is 14.5 Å². The van der Waals surface area contributed by atoms with Crippen molar-refractivity contribution >= 4 is 12.2 Å². The standard InChI is InChI=1S/C22H19N3O2/c1-2-4-18(5-3-1)8-11-22-24-20(16-27-22)15-26-21-9-6-19(7-10-21)14-25-13-12-23-17-25/h1-13,16-17H,14-15H2. The van der Waals surface area contributed by atoms with Gasteiger partial charge in [0, 0.05) is 25.0 Å². The van der Waals surface area contributed by atoms with Gasteiger partial charge in [-0.25, -0.2) is 9.97 Å². The largest absolute Gasteiger partial charge is 0.487 e. The Morgan fingerprint density at radius 1 is 1.00 bits per heavy atom. The molecule has 2 heterocycles. The first-order valence-electron chi connectivity index (χ1n) is 8.70. The monoisotopic (exact) mass is 357 g/mol. The van der Waals surface area contributed by atoms with Crippen LogP contribution in [0.25, 0.3) is 12.2 Å². The lowest BCUT2D eigenvalue weighted by Gasteiger charge is -2.06. The van der Waals surface area contributed by atoms with Crippen molar-refractivity contribution in [1.29, 1.82) is 0 Å². The highest BCUT2D eigenvalue weighted by molar-refractivity contribution is 5.65.